The maximum Gasteiger partial charge on any atom is 0.242 e. The average molecular weight is 327 g/mol. The highest BCUT2D eigenvalue weighted by Gasteiger charge is 2.20. The van der Waals surface area contributed by atoms with E-state index in [0.29, 0.717) is 13.0 Å². The molecule has 0 amide bonds. The van der Waals surface area contributed by atoms with Crippen molar-refractivity contribution in [1.29, 1.82) is 0 Å². The molecule has 1 atom stereocenters. The van der Waals surface area contributed by atoms with Gasteiger partial charge in [0.1, 0.15) is 10.0 Å². The maximum absolute atomic E-state index is 12.1. The Hall–Kier alpha value is -0.400. The normalized spacial score (nSPS) is 13.5. The minimum absolute atomic E-state index is 0.0147. The second-order valence-electron chi connectivity index (χ2n) is 4.01. The minimum Gasteiger partial charge on any atom is -0.383 e. The molecule has 1 aromatic rings. The van der Waals surface area contributed by atoms with Gasteiger partial charge >= 0.3 is 0 Å². The summed E-state index contributed by atoms with van der Waals surface area (Å²) in [5.41, 5.74) is 0. The molecule has 1 N–H and O–H groups in total. The van der Waals surface area contributed by atoms with Gasteiger partial charge in [-0.1, -0.05) is 36.5 Å². The number of pyridine rings is 1. The second-order valence-corrected chi connectivity index (χ2v) is 6.49. The summed E-state index contributed by atoms with van der Waals surface area (Å²) in [6, 6.07) is 0.990. The lowest BCUT2D eigenvalue weighted by molar-refractivity contribution is 0.171. The monoisotopic (exact) mass is 326 g/mol. The fourth-order valence-corrected chi connectivity index (χ4v) is 3.12. The molecule has 1 aromatic heterocycles. The first-order valence-corrected chi connectivity index (χ1v) is 7.97. The summed E-state index contributed by atoms with van der Waals surface area (Å²) in [4.78, 5) is 3.71. The zero-order valence-corrected chi connectivity index (χ0v) is 13.0. The summed E-state index contributed by atoms with van der Waals surface area (Å²) in [7, 11) is -2.15. The highest BCUT2D eigenvalue weighted by molar-refractivity contribution is 7.89. The molecule has 1 heterocycles. The van der Waals surface area contributed by atoms with E-state index in [2.05, 4.69) is 9.71 Å². The van der Waals surface area contributed by atoms with E-state index in [0.717, 1.165) is 6.42 Å². The van der Waals surface area contributed by atoms with E-state index in [1.807, 2.05) is 6.92 Å². The molecule has 8 heteroatoms. The Labute approximate surface area is 123 Å². The van der Waals surface area contributed by atoms with Crippen molar-refractivity contribution in [3.8, 4) is 0 Å². The lowest BCUT2D eigenvalue weighted by Crippen LogP contribution is -2.37. The van der Waals surface area contributed by atoms with Crippen molar-refractivity contribution >= 4 is 33.2 Å². The molecule has 0 fully saturated rings. The molecule has 5 nitrogen and oxygen atoms in total. The van der Waals surface area contributed by atoms with E-state index in [1.165, 1.54) is 19.4 Å². The Morgan fingerprint density at radius 3 is 2.68 bits per heavy atom. The van der Waals surface area contributed by atoms with Gasteiger partial charge in [0.05, 0.1) is 11.6 Å². The number of hydrogen-bond acceptors (Lipinski definition) is 4. The van der Waals surface area contributed by atoms with E-state index < -0.39 is 10.0 Å². The summed E-state index contributed by atoms with van der Waals surface area (Å²) in [5, 5.41) is 0.172. The molecule has 19 heavy (non-hydrogen) atoms. The van der Waals surface area contributed by atoms with E-state index in [-0.39, 0.29) is 21.1 Å². The van der Waals surface area contributed by atoms with Gasteiger partial charge in [-0.25, -0.2) is 18.1 Å². The van der Waals surface area contributed by atoms with E-state index in [9.17, 15) is 8.42 Å². The largest absolute Gasteiger partial charge is 0.383 e. The predicted octanol–water partition coefficient (Wildman–Crippen LogP) is 2.48. The lowest BCUT2D eigenvalue weighted by Gasteiger charge is -2.17. The quantitative estimate of drug-likeness (QED) is 0.781. The first kappa shape index (κ1) is 16.7. The summed E-state index contributed by atoms with van der Waals surface area (Å²) in [5.74, 6) is 0. The third kappa shape index (κ3) is 4.89. The third-order valence-electron chi connectivity index (χ3n) is 2.41. The maximum atomic E-state index is 12.1. The average Bonchev–Trinajstić information content (AvgIpc) is 2.32. The number of aromatic nitrogens is 1. The number of methoxy groups -OCH3 is 1. The van der Waals surface area contributed by atoms with Crippen LogP contribution >= 0.6 is 23.2 Å². The van der Waals surface area contributed by atoms with Gasteiger partial charge in [-0.2, -0.15) is 0 Å². The van der Waals surface area contributed by atoms with Crippen molar-refractivity contribution < 1.29 is 13.2 Å². The zero-order chi connectivity index (χ0) is 14.5. The molecule has 0 bridgehead atoms. The fourth-order valence-electron chi connectivity index (χ4n) is 1.56. The number of halogens is 2. The molecule has 1 rings (SSSR count). The van der Waals surface area contributed by atoms with Gasteiger partial charge in [-0.3, -0.25) is 0 Å². The lowest BCUT2D eigenvalue weighted by atomic mass is 10.2. The molecule has 0 aliphatic rings. The van der Waals surface area contributed by atoms with Crippen LogP contribution in [0.5, 0.6) is 0 Å². The number of ether oxygens (including phenoxy) is 1. The van der Waals surface area contributed by atoms with Crippen LogP contribution in [0.2, 0.25) is 10.2 Å². The van der Waals surface area contributed by atoms with Gasteiger partial charge in [0.25, 0.3) is 0 Å². The van der Waals surface area contributed by atoms with Crippen molar-refractivity contribution in [2.75, 3.05) is 13.7 Å². The molecule has 0 aliphatic carbocycles. The predicted molar refractivity (Wildman–Crippen MR) is 75.2 cm³/mol. The molecule has 0 saturated carbocycles. The third-order valence-corrected chi connectivity index (χ3v) is 4.58. The Morgan fingerprint density at radius 1 is 1.47 bits per heavy atom. The van der Waals surface area contributed by atoms with Crippen molar-refractivity contribution in [3.63, 3.8) is 0 Å². The molecule has 0 radical (unpaired) electrons. The summed E-state index contributed by atoms with van der Waals surface area (Å²) >= 11 is 11.4. The molecule has 0 spiro atoms. The van der Waals surface area contributed by atoms with Gasteiger partial charge in [0, 0.05) is 19.3 Å². The SMILES string of the molecule is CCCC(COC)NS(=O)(=O)c1cnc(Cl)c(Cl)c1. The Kier molecular flexibility index (Phi) is 6.49. The number of rotatable bonds is 7. The Balaban J connectivity index is 2.92. The van der Waals surface area contributed by atoms with E-state index in [1.54, 1.807) is 0 Å². The highest BCUT2D eigenvalue weighted by Crippen LogP contribution is 2.22. The van der Waals surface area contributed by atoms with Crippen LogP contribution < -0.4 is 4.72 Å². The van der Waals surface area contributed by atoms with Gasteiger partial charge in [-0.05, 0) is 12.5 Å². The minimum atomic E-state index is -3.68. The van der Waals surface area contributed by atoms with Crippen LogP contribution in [0.3, 0.4) is 0 Å². The second kappa shape index (κ2) is 7.40. The molecule has 1 unspecified atom stereocenters. The topological polar surface area (TPSA) is 68.3 Å². The van der Waals surface area contributed by atoms with Gasteiger partial charge in [0.15, 0.2) is 0 Å². The van der Waals surface area contributed by atoms with Crippen molar-refractivity contribution in [2.45, 2.75) is 30.7 Å². The van der Waals surface area contributed by atoms with Gasteiger partial charge < -0.3 is 4.74 Å². The van der Waals surface area contributed by atoms with Crippen LogP contribution in [-0.2, 0) is 14.8 Å². The van der Waals surface area contributed by atoms with E-state index in [4.69, 9.17) is 27.9 Å². The Morgan fingerprint density at radius 2 is 2.16 bits per heavy atom. The number of hydrogen-bond donors (Lipinski definition) is 1. The molecule has 108 valence electrons. The van der Waals surface area contributed by atoms with E-state index >= 15 is 0 Å². The highest BCUT2D eigenvalue weighted by atomic mass is 35.5. The van der Waals surface area contributed by atoms with Crippen molar-refractivity contribution in [1.82, 2.24) is 9.71 Å². The summed E-state index contributed by atoms with van der Waals surface area (Å²) in [6.07, 6.45) is 2.70. The number of nitrogens with one attached hydrogen (secondary N) is 1. The first-order valence-electron chi connectivity index (χ1n) is 5.73. The number of nitrogens with zero attached hydrogens (tertiary/aromatic N) is 1. The number of sulfonamides is 1. The van der Waals surface area contributed by atoms with Crippen LogP contribution in [0.1, 0.15) is 19.8 Å². The first-order chi connectivity index (χ1) is 8.90. The van der Waals surface area contributed by atoms with Crippen LogP contribution in [0.15, 0.2) is 17.2 Å². The summed E-state index contributed by atoms with van der Waals surface area (Å²) in [6.45, 7) is 2.28. The smallest absolute Gasteiger partial charge is 0.242 e. The molecule has 0 saturated heterocycles. The van der Waals surface area contributed by atoms with Crippen molar-refractivity contribution in [2.24, 2.45) is 0 Å². The van der Waals surface area contributed by atoms with Gasteiger partial charge in [-0.15, -0.1) is 0 Å². The molecule has 0 aromatic carbocycles. The van der Waals surface area contributed by atoms with Crippen LogP contribution in [0, 0.1) is 0 Å². The molecular formula is C11H16Cl2N2O3S. The van der Waals surface area contributed by atoms with Crippen molar-refractivity contribution in [3.05, 3.63) is 22.4 Å². The Bertz CT molecular complexity index is 517. The van der Waals surface area contributed by atoms with Crippen LogP contribution in [-0.4, -0.2) is 33.2 Å². The fraction of sp³-hybridized carbons (Fsp3) is 0.545. The van der Waals surface area contributed by atoms with Gasteiger partial charge in [0.2, 0.25) is 10.0 Å². The van der Waals surface area contributed by atoms with Crippen LogP contribution in [0.4, 0.5) is 0 Å². The molecular weight excluding hydrogens is 311 g/mol. The van der Waals surface area contributed by atoms with Crippen LogP contribution in [0.25, 0.3) is 0 Å². The molecule has 0 aliphatic heterocycles. The zero-order valence-electron chi connectivity index (χ0n) is 10.7. The summed E-state index contributed by atoms with van der Waals surface area (Å²) < 4.78 is 31.8. The standard InChI is InChI=1S/C11H16Cl2N2O3S/c1-3-4-8(7-18-2)15-19(16,17)9-5-10(12)11(13)14-6-9/h5-6,8,15H,3-4,7H2,1-2H3.